The quantitative estimate of drug-likeness (QED) is 0.346. The van der Waals surface area contributed by atoms with Crippen LogP contribution < -0.4 is 0 Å². The Kier molecular flexibility index (Phi) is 7.46. The van der Waals surface area contributed by atoms with E-state index in [-0.39, 0.29) is 29.3 Å². The maximum Gasteiger partial charge on any atom is 0.303 e. The Morgan fingerprint density at radius 3 is 2.42 bits per heavy atom. The van der Waals surface area contributed by atoms with E-state index in [2.05, 4.69) is 26.0 Å². The van der Waals surface area contributed by atoms with Crippen molar-refractivity contribution >= 4 is 17.7 Å². The van der Waals surface area contributed by atoms with E-state index in [4.69, 9.17) is 18.9 Å². The Bertz CT molecular complexity index is 1070. The lowest BCUT2D eigenvalue weighted by atomic mass is 9.47. The molecule has 0 unspecified atom stereocenters. The van der Waals surface area contributed by atoms with E-state index in [0.29, 0.717) is 17.8 Å². The highest BCUT2D eigenvalue weighted by atomic mass is 16.7. The van der Waals surface area contributed by atoms with Crippen molar-refractivity contribution < 1.29 is 33.3 Å². The molecule has 0 aromatic heterocycles. The van der Waals surface area contributed by atoms with Crippen LogP contribution in [0, 0.1) is 28.6 Å². The van der Waals surface area contributed by atoms with Gasteiger partial charge in [0.1, 0.15) is 18.8 Å². The number of hydrogen-bond donors (Lipinski definition) is 0. The molecule has 0 spiro atoms. The number of ketones is 1. The van der Waals surface area contributed by atoms with Crippen LogP contribution in [-0.2, 0) is 33.3 Å². The summed E-state index contributed by atoms with van der Waals surface area (Å²) in [5, 5.41) is 0. The lowest BCUT2D eigenvalue weighted by molar-refractivity contribution is -0.213. The predicted molar refractivity (Wildman–Crippen MR) is 141 cm³/mol. The first-order valence-corrected chi connectivity index (χ1v) is 14.2. The number of carbonyl (C=O) groups excluding carboxylic acids is 3. The van der Waals surface area contributed by atoms with Crippen molar-refractivity contribution in [2.75, 3.05) is 6.61 Å². The van der Waals surface area contributed by atoms with Crippen LogP contribution in [0.5, 0.6) is 0 Å². The largest absolute Gasteiger partial charge is 0.463 e. The smallest absolute Gasteiger partial charge is 0.303 e. The molecule has 0 N–H and O–H groups in total. The van der Waals surface area contributed by atoms with Gasteiger partial charge in [0.25, 0.3) is 0 Å². The van der Waals surface area contributed by atoms with Crippen LogP contribution in [0.25, 0.3) is 0 Å². The van der Waals surface area contributed by atoms with E-state index < -0.39 is 30.4 Å². The lowest BCUT2D eigenvalue weighted by Gasteiger charge is -2.57. The standard InChI is InChI=1S/C31H42O7/c1-18(32)24-8-9-25-23-7-6-21-16-22(12-14-30(21,4)26(23)13-15-31(24,25)5)37-29-11-10-27(36-20(3)34)28(38-29)17-35-19(2)33/h6,8,10-11,22-23,25-29H,7,9,12-17H2,1-5H3/t22-,23-,25-,26-,27-,28+,29-,30-,31+/m0/s1. The molecule has 0 aromatic rings. The maximum atomic E-state index is 12.4. The van der Waals surface area contributed by atoms with E-state index in [9.17, 15) is 14.4 Å². The van der Waals surface area contributed by atoms with Gasteiger partial charge < -0.3 is 18.9 Å². The van der Waals surface area contributed by atoms with Gasteiger partial charge >= 0.3 is 11.9 Å². The number of allylic oxidation sites excluding steroid dienone is 3. The summed E-state index contributed by atoms with van der Waals surface area (Å²) in [5.74, 6) is 1.24. The zero-order chi connectivity index (χ0) is 27.2. The maximum absolute atomic E-state index is 12.4. The van der Waals surface area contributed by atoms with E-state index >= 15 is 0 Å². The van der Waals surface area contributed by atoms with E-state index in [1.165, 1.54) is 25.8 Å². The number of ether oxygens (including phenoxy) is 4. The lowest BCUT2D eigenvalue weighted by Crippen LogP contribution is -2.50. The predicted octanol–water partition coefficient (Wildman–Crippen LogP) is 5.24. The van der Waals surface area contributed by atoms with Gasteiger partial charge in [0.05, 0.1) is 6.10 Å². The second-order valence-corrected chi connectivity index (χ2v) is 12.4. The molecule has 2 fully saturated rings. The number of esters is 2. The molecule has 9 atom stereocenters. The minimum atomic E-state index is -0.620. The molecule has 1 heterocycles. The Balaban J connectivity index is 1.25. The first-order chi connectivity index (χ1) is 18.0. The molecule has 1 aliphatic heterocycles. The second kappa shape index (κ2) is 10.4. The van der Waals surface area contributed by atoms with Crippen molar-refractivity contribution in [3.8, 4) is 0 Å². The molecule has 7 nitrogen and oxygen atoms in total. The van der Waals surface area contributed by atoms with Crippen LogP contribution in [0.2, 0.25) is 0 Å². The summed E-state index contributed by atoms with van der Waals surface area (Å²) in [6.07, 6.45) is 13.8. The normalized spacial score (nSPS) is 41.7. The number of carbonyl (C=O) groups is 3. The Morgan fingerprint density at radius 1 is 0.947 bits per heavy atom. The van der Waals surface area contributed by atoms with Crippen molar-refractivity contribution in [2.24, 2.45) is 28.6 Å². The molecular weight excluding hydrogens is 484 g/mol. The Labute approximate surface area is 226 Å². The molecule has 4 aliphatic carbocycles. The van der Waals surface area contributed by atoms with Crippen LogP contribution in [0.1, 0.15) is 79.6 Å². The number of Topliss-reactive ketones (excluding diaryl/α,β-unsaturated/α-hetero) is 1. The SMILES string of the molecule is CC(=O)OC[C@H]1O[C@H](O[C@H]2CC[C@@]3(C)C(=CC[C@@H]4[C@@H]3CC[C@]3(C)C(C(C)=O)=CC[C@@H]43)C2)C=C[C@@H]1OC(C)=O. The van der Waals surface area contributed by atoms with Crippen LogP contribution in [0.15, 0.2) is 35.5 Å². The summed E-state index contributed by atoms with van der Waals surface area (Å²) >= 11 is 0. The first kappa shape index (κ1) is 27.3. The average molecular weight is 527 g/mol. The second-order valence-electron chi connectivity index (χ2n) is 12.4. The average Bonchev–Trinajstić information content (AvgIpc) is 3.21. The molecule has 0 bridgehead atoms. The molecule has 5 rings (SSSR count). The van der Waals surface area contributed by atoms with Crippen molar-refractivity contribution in [1.29, 1.82) is 0 Å². The summed E-state index contributed by atoms with van der Waals surface area (Å²) in [7, 11) is 0. The summed E-state index contributed by atoms with van der Waals surface area (Å²) in [5.41, 5.74) is 2.78. The summed E-state index contributed by atoms with van der Waals surface area (Å²) in [6, 6.07) is 0. The fraction of sp³-hybridized carbons (Fsp3) is 0.710. The Morgan fingerprint density at radius 2 is 1.71 bits per heavy atom. The third kappa shape index (κ3) is 4.92. The van der Waals surface area contributed by atoms with Gasteiger partial charge in [0.15, 0.2) is 12.1 Å². The number of fused-ring (bicyclic) bond motifs is 5. The molecule has 0 amide bonds. The molecule has 0 radical (unpaired) electrons. The van der Waals surface area contributed by atoms with Gasteiger partial charge in [0, 0.05) is 13.8 Å². The van der Waals surface area contributed by atoms with Gasteiger partial charge in [-0.05, 0) is 98.2 Å². The summed E-state index contributed by atoms with van der Waals surface area (Å²) in [4.78, 5) is 35.2. The number of hydrogen-bond acceptors (Lipinski definition) is 7. The van der Waals surface area contributed by atoms with Gasteiger partial charge in [0.2, 0.25) is 0 Å². The van der Waals surface area contributed by atoms with Crippen molar-refractivity contribution in [3.05, 3.63) is 35.5 Å². The highest BCUT2D eigenvalue weighted by Crippen LogP contribution is 2.65. The molecular formula is C31H42O7. The van der Waals surface area contributed by atoms with Gasteiger partial charge in [-0.1, -0.05) is 31.6 Å². The monoisotopic (exact) mass is 526 g/mol. The van der Waals surface area contributed by atoms with Crippen LogP contribution in [0.4, 0.5) is 0 Å². The van der Waals surface area contributed by atoms with Crippen molar-refractivity contribution in [2.45, 2.75) is 104 Å². The van der Waals surface area contributed by atoms with Gasteiger partial charge in [-0.3, -0.25) is 14.4 Å². The summed E-state index contributed by atoms with van der Waals surface area (Å²) in [6.45, 7) is 9.20. The van der Waals surface area contributed by atoms with E-state index in [0.717, 1.165) is 44.1 Å². The third-order valence-electron chi connectivity index (χ3n) is 10.2. The van der Waals surface area contributed by atoms with E-state index in [1.54, 1.807) is 19.1 Å². The van der Waals surface area contributed by atoms with E-state index in [1.807, 2.05) is 0 Å². The van der Waals surface area contributed by atoms with Gasteiger partial charge in [-0.2, -0.15) is 0 Å². The Hall–Kier alpha value is -2.25. The zero-order valence-corrected chi connectivity index (χ0v) is 23.4. The van der Waals surface area contributed by atoms with Crippen LogP contribution in [0.3, 0.4) is 0 Å². The minimum Gasteiger partial charge on any atom is -0.463 e. The molecule has 0 saturated heterocycles. The highest BCUT2D eigenvalue weighted by molar-refractivity contribution is 5.95. The number of rotatable bonds is 6. The first-order valence-electron chi connectivity index (χ1n) is 14.2. The molecule has 38 heavy (non-hydrogen) atoms. The highest BCUT2D eigenvalue weighted by Gasteiger charge is 2.57. The van der Waals surface area contributed by atoms with Crippen LogP contribution in [-0.4, -0.2) is 48.9 Å². The van der Waals surface area contributed by atoms with Crippen molar-refractivity contribution in [3.63, 3.8) is 0 Å². The van der Waals surface area contributed by atoms with Gasteiger partial charge in [-0.15, -0.1) is 0 Å². The third-order valence-corrected chi connectivity index (χ3v) is 10.2. The van der Waals surface area contributed by atoms with Crippen molar-refractivity contribution in [1.82, 2.24) is 0 Å². The van der Waals surface area contributed by atoms with Gasteiger partial charge in [-0.25, -0.2) is 0 Å². The fourth-order valence-electron chi connectivity index (χ4n) is 8.38. The summed E-state index contributed by atoms with van der Waals surface area (Å²) < 4.78 is 23.0. The molecule has 208 valence electrons. The molecule has 5 aliphatic rings. The fourth-order valence-corrected chi connectivity index (χ4v) is 8.38. The molecule has 7 heteroatoms. The topological polar surface area (TPSA) is 88.1 Å². The molecule has 0 aromatic carbocycles. The molecule has 2 saturated carbocycles. The van der Waals surface area contributed by atoms with Crippen LogP contribution >= 0.6 is 0 Å². The minimum absolute atomic E-state index is 0.00523. The zero-order valence-electron chi connectivity index (χ0n) is 23.4.